The van der Waals surface area contributed by atoms with E-state index >= 15 is 0 Å². The Bertz CT molecular complexity index is 1420. The number of para-hydroxylation sites is 2. The van der Waals surface area contributed by atoms with Crippen molar-refractivity contribution in [3.05, 3.63) is 77.4 Å². The zero-order chi connectivity index (χ0) is 23.7. The molecule has 1 saturated heterocycles. The van der Waals surface area contributed by atoms with Gasteiger partial charge in [-0.3, -0.25) is 14.3 Å². The van der Waals surface area contributed by atoms with Gasteiger partial charge < -0.3 is 20.0 Å². The number of rotatable bonds is 6. The molecule has 7 nitrogen and oxygen atoms in total. The molecule has 34 heavy (non-hydrogen) atoms. The fourth-order valence-corrected chi connectivity index (χ4v) is 4.66. The lowest BCUT2D eigenvalue weighted by atomic mass is 10.1. The first-order valence-electron chi connectivity index (χ1n) is 11.3. The summed E-state index contributed by atoms with van der Waals surface area (Å²) >= 11 is 5.59. The first-order valence-corrected chi connectivity index (χ1v) is 11.7. The molecule has 174 valence electrons. The molecule has 1 aliphatic rings. The van der Waals surface area contributed by atoms with Crippen molar-refractivity contribution in [3.8, 4) is 11.3 Å². The van der Waals surface area contributed by atoms with Crippen LogP contribution >= 0.6 is 12.2 Å². The van der Waals surface area contributed by atoms with Crippen molar-refractivity contribution >= 4 is 40.5 Å². The maximum atomic E-state index is 13.1. The van der Waals surface area contributed by atoms with Gasteiger partial charge in [-0.2, -0.15) is 0 Å². The summed E-state index contributed by atoms with van der Waals surface area (Å²) in [4.78, 5) is 18.8. The molecule has 4 aromatic rings. The maximum Gasteiger partial charge on any atom is 0.291 e. The SMILES string of the molecule is C=C(CN1CCNCC1)n1cc(-c2ccccc2NC(=O)c2oc3ccccc3c2C)[nH]c1=S. The highest BCUT2D eigenvalue weighted by Gasteiger charge is 2.19. The number of carbonyl (C=O) groups excluding carboxylic acids is 1. The van der Waals surface area contributed by atoms with E-state index < -0.39 is 0 Å². The van der Waals surface area contributed by atoms with Crippen LogP contribution in [0.4, 0.5) is 5.69 Å². The lowest BCUT2D eigenvalue weighted by Gasteiger charge is -2.27. The molecule has 0 spiro atoms. The third kappa shape index (κ3) is 4.35. The van der Waals surface area contributed by atoms with Crippen molar-refractivity contribution in [1.29, 1.82) is 0 Å². The van der Waals surface area contributed by atoms with Crippen LogP contribution in [-0.4, -0.2) is 53.1 Å². The second-order valence-electron chi connectivity index (χ2n) is 8.49. The van der Waals surface area contributed by atoms with Crippen molar-refractivity contribution in [3.63, 3.8) is 0 Å². The molecule has 2 aromatic carbocycles. The second kappa shape index (κ2) is 9.42. The predicted molar refractivity (Wildman–Crippen MR) is 139 cm³/mol. The lowest BCUT2D eigenvalue weighted by Crippen LogP contribution is -2.44. The molecular formula is C26H27N5O2S. The third-order valence-corrected chi connectivity index (χ3v) is 6.49. The van der Waals surface area contributed by atoms with Gasteiger partial charge in [-0.15, -0.1) is 0 Å². The standard InChI is InChI=1S/C26H27N5O2S/c1-17(15-30-13-11-27-12-14-30)31-16-22(29-26(31)34)20-8-3-5-9-21(20)28-25(32)24-18(2)19-7-4-6-10-23(19)33-24/h3-10,16,27H,1,11-15H2,2H3,(H,28,32)(H,29,34). The van der Waals surface area contributed by atoms with E-state index in [4.69, 9.17) is 16.6 Å². The smallest absolute Gasteiger partial charge is 0.291 e. The maximum absolute atomic E-state index is 13.1. The number of aromatic nitrogens is 2. The van der Waals surface area contributed by atoms with Crippen LogP contribution in [0.5, 0.6) is 0 Å². The second-order valence-corrected chi connectivity index (χ2v) is 8.87. The zero-order valence-electron chi connectivity index (χ0n) is 19.1. The van der Waals surface area contributed by atoms with Gasteiger partial charge >= 0.3 is 0 Å². The highest BCUT2D eigenvalue weighted by Crippen LogP contribution is 2.30. The van der Waals surface area contributed by atoms with Crippen molar-refractivity contribution in [1.82, 2.24) is 19.8 Å². The van der Waals surface area contributed by atoms with Gasteiger partial charge in [0.2, 0.25) is 0 Å². The highest BCUT2D eigenvalue weighted by molar-refractivity contribution is 7.71. The van der Waals surface area contributed by atoms with Crippen LogP contribution in [0.3, 0.4) is 0 Å². The summed E-state index contributed by atoms with van der Waals surface area (Å²) in [6.45, 7) is 10.8. The molecule has 1 amide bonds. The number of anilines is 1. The molecule has 0 atom stereocenters. The molecular weight excluding hydrogens is 446 g/mol. The van der Waals surface area contributed by atoms with E-state index in [1.54, 1.807) is 0 Å². The molecule has 8 heteroatoms. The highest BCUT2D eigenvalue weighted by atomic mass is 32.1. The molecule has 0 unspecified atom stereocenters. The van der Waals surface area contributed by atoms with E-state index in [9.17, 15) is 4.79 Å². The Balaban J connectivity index is 1.40. The Hall–Kier alpha value is -3.46. The van der Waals surface area contributed by atoms with Gasteiger partial charge in [-0.05, 0) is 31.3 Å². The number of aryl methyl sites for hydroxylation is 1. The van der Waals surface area contributed by atoms with Gasteiger partial charge in [0.1, 0.15) is 5.58 Å². The van der Waals surface area contributed by atoms with Gasteiger partial charge in [0.05, 0.1) is 11.4 Å². The van der Waals surface area contributed by atoms with Crippen LogP contribution in [0.15, 0.2) is 65.7 Å². The monoisotopic (exact) mass is 473 g/mol. The van der Waals surface area contributed by atoms with Crippen LogP contribution < -0.4 is 10.6 Å². The van der Waals surface area contributed by atoms with E-state index in [0.717, 1.165) is 60.6 Å². The van der Waals surface area contributed by atoms with Crippen LogP contribution in [0.2, 0.25) is 0 Å². The largest absolute Gasteiger partial charge is 0.451 e. The number of piperazine rings is 1. The molecule has 2 aromatic heterocycles. The number of fused-ring (bicyclic) bond motifs is 1. The first kappa shape index (κ1) is 22.3. The fraction of sp³-hybridized carbons (Fsp3) is 0.231. The summed E-state index contributed by atoms with van der Waals surface area (Å²) < 4.78 is 8.33. The van der Waals surface area contributed by atoms with Crippen molar-refractivity contribution in [2.45, 2.75) is 6.92 Å². The Kier molecular flexibility index (Phi) is 6.19. The van der Waals surface area contributed by atoms with Crippen LogP contribution in [0.25, 0.3) is 27.9 Å². The minimum atomic E-state index is -0.290. The fourth-order valence-electron chi connectivity index (χ4n) is 4.37. The molecule has 0 aliphatic carbocycles. The van der Waals surface area contributed by atoms with Gasteiger partial charge in [0, 0.05) is 61.1 Å². The molecule has 3 heterocycles. The van der Waals surface area contributed by atoms with E-state index in [0.29, 0.717) is 21.8 Å². The Morgan fingerprint density at radius 1 is 1.15 bits per heavy atom. The van der Waals surface area contributed by atoms with Crippen molar-refractivity contribution in [2.75, 3.05) is 38.0 Å². The predicted octanol–water partition coefficient (Wildman–Crippen LogP) is 4.90. The number of amides is 1. The molecule has 3 N–H and O–H groups in total. The average molecular weight is 474 g/mol. The van der Waals surface area contributed by atoms with Crippen molar-refractivity contribution in [2.24, 2.45) is 0 Å². The Morgan fingerprint density at radius 2 is 1.88 bits per heavy atom. The Labute approximate surface area is 203 Å². The summed E-state index contributed by atoms with van der Waals surface area (Å²) in [7, 11) is 0. The Morgan fingerprint density at radius 3 is 2.68 bits per heavy atom. The number of furan rings is 1. The number of hydrogen-bond donors (Lipinski definition) is 3. The topological polar surface area (TPSA) is 78.2 Å². The normalized spacial score (nSPS) is 14.4. The van der Waals surface area contributed by atoms with Gasteiger partial charge in [-0.1, -0.05) is 43.0 Å². The summed E-state index contributed by atoms with van der Waals surface area (Å²) in [5, 5.41) is 7.32. The minimum Gasteiger partial charge on any atom is -0.451 e. The number of H-pyrrole nitrogens is 1. The molecule has 5 rings (SSSR count). The quantitative estimate of drug-likeness (QED) is 0.347. The molecule has 1 aliphatic heterocycles. The minimum absolute atomic E-state index is 0.290. The number of nitrogens with zero attached hydrogens (tertiary/aromatic N) is 2. The molecule has 0 saturated carbocycles. The third-order valence-electron chi connectivity index (χ3n) is 6.19. The van der Waals surface area contributed by atoms with E-state index in [1.165, 1.54) is 0 Å². The number of imidazole rings is 1. The van der Waals surface area contributed by atoms with E-state index in [-0.39, 0.29) is 5.91 Å². The summed E-state index contributed by atoms with van der Waals surface area (Å²) in [5.41, 5.74) is 4.74. The molecule has 0 bridgehead atoms. The van der Waals surface area contributed by atoms with Crippen LogP contribution in [-0.2, 0) is 0 Å². The van der Waals surface area contributed by atoms with Gasteiger partial charge in [0.15, 0.2) is 10.5 Å². The molecule has 0 radical (unpaired) electrons. The van der Waals surface area contributed by atoms with E-state index in [2.05, 4.69) is 27.1 Å². The van der Waals surface area contributed by atoms with E-state index in [1.807, 2.05) is 66.2 Å². The molecule has 1 fully saturated rings. The number of benzene rings is 2. The van der Waals surface area contributed by atoms with Gasteiger partial charge in [-0.25, -0.2) is 0 Å². The van der Waals surface area contributed by atoms with Gasteiger partial charge in [0.25, 0.3) is 5.91 Å². The summed E-state index contributed by atoms with van der Waals surface area (Å²) in [5.74, 6) is 0.0215. The summed E-state index contributed by atoms with van der Waals surface area (Å²) in [6, 6.07) is 15.3. The number of aromatic amines is 1. The number of hydrogen-bond acceptors (Lipinski definition) is 5. The first-order chi connectivity index (χ1) is 16.5. The van der Waals surface area contributed by atoms with Crippen molar-refractivity contribution < 1.29 is 9.21 Å². The zero-order valence-corrected chi connectivity index (χ0v) is 19.9. The summed E-state index contributed by atoms with van der Waals surface area (Å²) in [6.07, 6.45) is 1.95. The number of nitrogens with one attached hydrogen (secondary N) is 3. The average Bonchev–Trinajstić information content (AvgIpc) is 3.40. The lowest BCUT2D eigenvalue weighted by molar-refractivity contribution is 0.0998. The number of carbonyl (C=O) groups is 1. The van der Waals surface area contributed by atoms with Crippen LogP contribution in [0.1, 0.15) is 16.1 Å². The van der Waals surface area contributed by atoms with Crippen LogP contribution in [0, 0.1) is 11.7 Å².